The second kappa shape index (κ2) is 11.5. The molecule has 4 rings (SSSR count). The minimum atomic E-state index is -0.410. The molecule has 4 aromatic carbocycles. The molecule has 0 radical (unpaired) electrons. The van der Waals surface area contributed by atoms with Crippen LogP contribution in [-0.2, 0) is 16.0 Å². The van der Waals surface area contributed by atoms with Gasteiger partial charge in [-0.2, -0.15) is 0 Å². The fourth-order valence-electron chi connectivity index (χ4n) is 4.71. The molecule has 0 aliphatic heterocycles. The van der Waals surface area contributed by atoms with Crippen LogP contribution < -0.4 is 5.32 Å². The lowest BCUT2D eigenvalue weighted by Crippen LogP contribution is -2.23. The van der Waals surface area contributed by atoms with Crippen LogP contribution in [0.4, 0.5) is 11.4 Å². The summed E-state index contributed by atoms with van der Waals surface area (Å²) in [5, 5.41) is 5.30. The van der Waals surface area contributed by atoms with Gasteiger partial charge in [0.1, 0.15) is 0 Å². The molecule has 0 aromatic heterocycles. The highest BCUT2D eigenvalue weighted by Crippen LogP contribution is 2.33. The summed E-state index contributed by atoms with van der Waals surface area (Å²) in [6.45, 7) is 11.7. The van der Waals surface area contributed by atoms with Crippen LogP contribution in [0.15, 0.2) is 84.9 Å². The number of benzene rings is 4. The topological polar surface area (TPSA) is 59.8 Å². The molecular formula is C32H30N2O3. The van der Waals surface area contributed by atoms with E-state index in [-0.39, 0.29) is 11.8 Å². The summed E-state index contributed by atoms with van der Waals surface area (Å²) in [6, 6.07) is 26.7. The van der Waals surface area contributed by atoms with Crippen LogP contribution in [0.1, 0.15) is 53.2 Å². The van der Waals surface area contributed by atoms with E-state index in [1.165, 1.54) is 7.11 Å². The Labute approximate surface area is 217 Å². The molecule has 0 saturated carbocycles. The highest BCUT2D eigenvalue weighted by atomic mass is 16.5. The highest BCUT2D eigenvalue weighted by Gasteiger charge is 2.25. The number of hydrogen-bond donors (Lipinski definition) is 1. The third-order valence-electron chi connectivity index (χ3n) is 6.51. The predicted molar refractivity (Wildman–Crippen MR) is 148 cm³/mol. The molecule has 0 aliphatic carbocycles. The van der Waals surface area contributed by atoms with Crippen LogP contribution >= 0.6 is 0 Å². The van der Waals surface area contributed by atoms with Gasteiger partial charge in [-0.1, -0.05) is 86.6 Å². The van der Waals surface area contributed by atoms with Crippen LogP contribution in [-0.4, -0.2) is 19.0 Å². The van der Waals surface area contributed by atoms with Gasteiger partial charge in [-0.15, -0.1) is 0 Å². The van der Waals surface area contributed by atoms with Gasteiger partial charge in [-0.25, -0.2) is 9.64 Å². The number of methoxy groups -OCH3 is 1. The zero-order chi connectivity index (χ0) is 26.4. The van der Waals surface area contributed by atoms with Crippen molar-refractivity contribution in [1.82, 2.24) is 0 Å². The van der Waals surface area contributed by atoms with Gasteiger partial charge < -0.3 is 10.1 Å². The molecule has 0 aliphatic rings. The number of nitrogens with one attached hydrogen (secondary N) is 1. The number of esters is 1. The van der Waals surface area contributed by atoms with E-state index in [0.717, 1.165) is 27.5 Å². The molecule has 1 amide bonds. The van der Waals surface area contributed by atoms with Crippen molar-refractivity contribution in [3.63, 3.8) is 0 Å². The Balaban J connectivity index is 1.72. The standard InChI is InChI=1S/C32H30N2O3/c1-21(2)18-29(28-15-9-12-22-10-5-7-13-26(22)28)31(35)34-30-20-25(33-3)17-16-24(30)19-23-11-6-8-14-27(23)32(36)37-4/h5-17,20-21,29H,18-19H2,1-2,4H3,(H,34,35). The Morgan fingerprint density at radius 1 is 0.919 bits per heavy atom. The van der Waals surface area contributed by atoms with Crippen molar-refractivity contribution in [2.75, 3.05) is 12.4 Å². The molecule has 186 valence electrons. The van der Waals surface area contributed by atoms with E-state index in [4.69, 9.17) is 11.3 Å². The van der Waals surface area contributed by atoms with Gasteiger partial charge in [0.05, 0.1) is 25.2 Å². The van der Waals surface area contributed by atoms with Gasteiger partial charge in [-0.05, 0) is 51.9 Å². The number of anilines is 1. The van der Waals surface area contributed by atoms with Gasteiger partial charge in [0, 0.05) is 12.1 Å². The van der Waals surface area contributed by atoms with Crippen molar-refractivity contribution >= 4 is 34.0 Å². The quantitative estimate of drug-likeness (QED) is 0.205. The number of carbonyl (C=O) groups excluding carboxylic acids is 2. The second-order valence-electron chi connectivity index (χ2n) is 9.52. The molecular weight excluding hydrogens is 460 g/mol. The van der Waals surface area contributed by atoms with E-state index in [1.54, 1.807) is 24.3 Å². The van der Waals surface area contributed by atoms with Gasteiger partial charge in [0.2, 0.25) is 5.91 Å². The first kappa shape index (κ1) is 25.7. The minimum absolute atomic E-state index is 0.116. The largest absolute Gasteiger partial charge is 0.465 e. The summed E-state index contributed by atoms with van der Waals surface area (Å²) < 4.78 is 4.95. The molecule has 1 unspecified atom stereocenters. The van der Waals surface area contributed by atoms with E-state index in [2.05, 4.69) is 42.2 Å². The smallest absolute Gasteiger partial charge is 0.338 e. The summed E-state index contributed by atoms with van der Waals surface area (Å²) in [5.41, 5.74) is 4.08. The van der Waals surface area contributed by atoms with E-state index in [1.807, 2.05) is 42.5 Å². The molecule has 0 spiro atoms. The summed E-state index contributed by atoms with van der Waals surface area (Å²) in [5.74, 6) is -0.588. The average Bonchev–Trinajstić information content (AvgIpc) is 2.92. The van der Waals surface area contributed by atoms with E-state index < -0.39 is 5.97 Å². The Hall–Kier alpha value is -4.43. The molecule has 5 heteroatoms. The zero-order valence-corrected chi connectivity index (χ0v) is 21.3. The maximum Gasteiger partial charge on any atom is 0.338 e. The minimum Gasteiger partial charge on any atom is -0.465 e. The molecule has 0 heterocycles. The molecule has 0 bridgehead atoms. The van der Waals surface area contributed by atoms with Gasteiger partial charge in [-0.3, -0.25) is 4.79 Å². The monoisotopic (exact) mass is 490 g/mol. The average molecular weight is 491 g/mol. The zero-order valence-electron chi connectivity index (χ0n) is 21.3. The number of ether oxygens (including phenoxy) is 1. The first-order chi connectivity index (χ1) is 17.9. The van der Waals surface area contributed by atoms with Gasteiger partial charge in [0.25, 0.3) is 0 Å². The number of nitrogens with zero attached hydrogens (tertiary/aromatic N) is 1. The third-order valence-corrected chi connectivity index (χ3v) is 6.51. The number of hydrogen-bond acceptors (Lipinski definition) is 3. The molecule has 1 atom stereocenters. The number of fused-ring (bicyclic) bond motifs is 1. The van der Waals surface area contributed by atoms with Crippen molar-refractivity contribution in [3.05, 3.63) is 119 Å². The van der Waals surface area contributed by atoms with Crippen LogP contribution in [0.2, 0.25) is 0 Å². The molecule has 4 aromatic rings. The van der Waals surface area contributed by atoms with Gasteiger partial charge >= 0.3 is 5.97 Å². The van der Waals surface area contributed by atoms with Crippen LogP contribution in [0.3, 0.4) is 0 Å². The first-order valence-electron chi connectivity index (χ1n) is 12.4. The Bertz CT molecular complexity index is 1480. The fraction of sp³-hybridized carbons (Fsp3) is 0.219. The second-order valence-corrected chi connectivity index (χ2v) is 9.52. The SMILES string of the molecule is [C-]#[N+]c1ccc(Cc2ccccc2C(=O)OC)c(NC(=O)C(CC(C)C)c2cccc3ccccc23)c1. The number of rotatable bonds is 8. The van der Waals surface area contributed by atoms with Crippen LogP contribution in [0.5, 0.6) is 0 Å². The molecule has 37 heavy (non-hydrogen) atoms. The van der Waals surface area contributed by atoms with Crippen LogP contribution in [0.25, 0.3) is 15.6 Å². The van der Waals surface area contributed by atoms with Crippen molar-refractivity contribution in [3.8, 4) is 0 Å². The fourth-order valence-corrected chi connectivity index (χ4v) is 4.71. The summed E-state index contributed by atoms with van der Waals surface area (Å²) in [7, 11) is 1.36. The van der Waals surface area contributed by atoms with E-state index >= 15 is 0 Å². The lowest BCUT2D eigenvalue weighted by Gasteiger charge is -2.22. The van der Waals surface area contributed by atoms with Crippen molar-refractivity contribution in [2.24, 2.45) is 5.92 Å². The number of carbonyl (C=O) groups is 2. The summed E-state index contributed by atoms with van der Waals surface area (Å²) >= 11 is 0. The number of amides is 1. The Kier molecular flexibility index (Phi) is 8.00. The predicted octanol–water partition coefficient (Wildman–Crippen LogP) is 7.54. The highest BCUT2D eigenvalue weighted by molar-refractivity contribution is 6.00. The third kappa shape index (κ3) is 5.87. The summed E-state index contributed by atoms with van der Waals surface area (Å²) in [6.07, 6.45) is 1.09. The van der Waals surface area contributed by atoms with Crippen molar-refractivity contribution < 1.29 is 14.3 Å². The maximum atomic E-state index is 13.9. The van der Waals surface area contributed by atoms with Crippen LogP contribution in [0, 0.1) is 12.5 Å². The molecule has 5 nitrogen and oxygen atoms in total. The van der Waals surface area contributed by atoms with Crippen molar-refractivity contribution in [1.29, 1.82) is 0 Å². The van der Waals surface area contributed by atoms with Gasteiger partial charge in [0.15, 0.2) is 5.69 Å². The normalized spacial score (nSPS) is 11.6. The Morgan fingerprint density at radius 3 is 2.41 bits per heavy atom. The molecule has 0 fully saturated rings. The summed E-state index contributed by atoms with van der Waals surface area (Å²) in [4.78, 5) is 29.7. The Morgan fingerprint density at radius 2 is 1.65 bits per heavy atom. The van der Waals surface area contributed by atoms with Crippen molar-refractivity contribution in [2.45, 2.75) is 32.6 Å². The molecule has 0 saturated heterocycles. The van der Waals surface area contributed by atoms with E-state index in [9.17, 15) is 9.59 Å². The lowest BCUT2D eigenvalue weighted by atomic mass is 9.86. The maximum absolute atomic E-state index is 13.9. The lowest BCUT2D eigenvalue weighted by molar-refractivity contribution is -0.117. The first-order valence-corrected chi connectivity index (χ1v) is 12.4. The molecule has 1 N–H and O–H groups in total. The van der Waals surface area contributed by atoms with E-state index in [0.29, 0.717) is 35.7 Å².